The van der Waals surface area contributed by atoms with Crippen LogP contribution in [0.3, 0.4) is 0 Å². The highest BCUT2D eigenvalue weighted by atomic mass is 19.1. The van der Waals surface area contributed by atoms with E-state index in [-0.39, 0.29) is 17.4 Å². The standard InChI is InChI=1S/C15H14FNO2/c1-2-17-14(12-7-4-8-18-12)13-9-10-5-3-6-11(16)15(10)19-13/h3-9,14,17H,2H2,1H3. The van der Waals surface area contributed by atoms with Crippen molar-refractivity contribution in [3.63, 3.8) is 0 Å². The van der Waals surface area contributed by atoms with E-state index < -0.39 is 0 Å². The number of hydrogen-bond acceptors (Lipinski definition) is 3. The van der Waals surface area contributed by atoms with Gasteiger partial charge in [0.2, 0.25) is 0 Å². The lowest BCUT2D eigenvalue weighted by molar-refractivity contribution is 0.400. The molecule has 4 heteroatoms. The molecule has 0 amide bonds. The van der Waals surface area contributed by atoms with Crippen LogP contribution in [0.5, 0.6) is 0 Å². The molecule has 3 rings (SSSR count). The maximum absolute atomic E-state index is 13.7. The van der Waals surface area contributed by atoms with Crippen molar-refractivity contribution in [3.8, 4) is 0 Å². The van der Waals surface area contributed by atoms with Gasteiger partial charge in [-0.3, -0.25) is 0 Å². The summed E-state index contributed by atoms with van der Waals surface area (Å²) in [5.74, 6) is 1.05. The predicted molar refractivity (Wildman–Crippen MR) is 70.4 cm³/mol. The molecular formula is C15H14FNO2. The molecule has 0 saturated carbocycles. The zero-order valence-electron chi connectivity index (χ0n) is 10.5. The van der Waals surface area contributed by atoms with Gasteiger partial charge in [-0.05, 0) is 30.8 Å². The number of halogens is 1. The maximum Gasteiger partial charge on any atom is 0.169 e. The summed E-state index contributed by atoms with van der Waals surface area (Å²) >= 11 is 0. The molecule has 1 atom stereocenters. The second-order valence-electron chi connectivity index (χ2n) is 4.31. The van der Waals surface area contributed by atoms with Crippen LogP contribution in [0.2, 0.25) is 0 Å². The molecular weight excluding hydrogens is 245 g/mol. The molecule has 2 heterocycles. The Morgan fingerprint density at radius 3 is 2.79 bits per heavy atom. The van der Waals surface area contributed by atoms with Gasteiger partial charge in [0.25, 0.3) is 0 Å². The maximum atomic E-state index is 13.7. The van der Waals surface area contributed by atoms with Gasteiger partial charge in [0.05, 0.1) is 6.26 Å². The quantitative estimate of drug-likeness (QED) is 0.773. The number of nitrogens with one attached hydrogen (secondary N) is 1. The minimum absolute atomic E-state index is 0.202. The Morgan fingerprint density at radius 2 is 2.11 bits per heavy atom. The van der Waals surface area contributed by atoms with Crippen molar-refractivity contribution < 1.29 is 13.2 Å². The van der Waals surface area contributed by atoms with Gasteiger partial charge in [-0.25, -0.2) is 4.39 Å². The summed E-state index contributed by atoms with van der Waals surface area (Å²) in [6.45, 7) is 2.75. The monoisotopic (exact) mass is 259 g/mol. The number of rotatable bonds is 4. The van der Waals surface area contributed by atoms with Crippen LogP contribution in [0.4, 0.5) is 4.39 Å². The first kappa shape index (κ1) is 12.0. The molecule has 0 fully saturated rings. The molecule has 1 aromatic carbocycles. The third-order valence-electron chi connectivity index (χ3n) is 3.04. The van der Waals surface area contributed by atoms with Gasteiger partial charge in [0.15, 0.2) is 11.4 Å². The Labute approximate surface area is 110 Å². The number of benzene rings is 1. The molecule has 0 radical (unpaired) electrons. The Bertz CT molecular complexity index is 673. The summed E-state index contributed by atoms with van der Waals surface area (Å²) in [4.78, 5) is 0. The van der Waals surface area contributed by atoms with E-state index in [0.29, 0.717) is 5.76 Å². The third kappa shape index (κ3) is 2.15. The van der Waals surface area contributed by atoms with Crippen molar-refractivity contribution in [2.75, 3.05) is 6.54 Å². The fraction of sp³-hybridized carbons (Fsp3) is 0.200. The fourth-order valence-electron chi connectivity index (χ4n) is 2.19. The molecule has 0 spiro atoms. The zero-order chi connectivity index (χ0) is 13.2. The average Bonchev–Trinajstić information content (AvgIpc) is 3.05. The molecule has 19 heavy (non-hydrogen) atoms. The number of para-hydroxylation sites is 1. The van der Waals surface area contributed by atoms with Crippen LogP contribution in [-0.4, -0.2) is 6.54 Å². The van der Waals surface area contributed by atoms with E-state index in [1.54, 1.807) is 12.3 Å². The van der Waals surface area contributed by atoms with Crippen molar-refractivity contribution in [2.24, 2.45) is 0 Å². The lowest BCUT2D eigenvalue weighted by Crippen LogP contribution is -2.20. The fourth-order valence-corrected chi connectivity index (χ4v) is 2.19. The van der Waals surface area contributed by atoms with Crippen molar-refractivity contribution in [1.29, 1.82) is 0 Å². The van der Waals surface area contributed by atoms with E-state index in [1.165, 1.54) is 6.07 Å². The highest BCUT2D eigenvalue weighted by molar-refractivity contribution is 5.78. The van der Waals surface area contributed by atoms with Crippen LogP contribution in [0, 0.1) is 5.82 Å². The Balaban J connectivity index is 2.08. The normalized spacial score (nSPS) is 12.9. The summed E-state index contributed by atoms with van der Waals surface area (Å²) in [5, 5.41) is 4.03. The molecule has 0 aliphatic carbocycles. The highest BCUT2D eigenvalue weighted by Crippen LogP contribution is 2.29. The van der Waals surface area contributed by atoms with Crippen LogP contribution >= 0.6 is 0 Å². The van der Waals surface area contributed by atoms with Gasteiger partial charge < -0.3 is 14.2 Å². The van der Waals surface area contributed by atoms with Crippen LogP contribution < -0.4 is 5.32 Å². The summed E-state index contributed by atoms with van der Waals surface area (Å²) in [5.41, 5.74) is 0.284. The SMILES string of the molecule is CCNC(c1ccco1)c1cc2cccc(F)c2o1. The van der Waals surface area contributed by atoms with Gasteiger partial charge in [0.1, 0.15) is 17.6 Å². The molecule has 0 aliphatic heterocycles. The van der Waals surface area contributed by atoms with Crippen molar-refractivity contribution in [1.82, 2.24) is 5.32 Å². The summed E-state index contributed by atoms with van der Waals surface area (Å²) in [6.07, 6.45) is 1.61. The van der Waals surface area contributed by atoms with Gasteiger partial charge in [-0.15, -0.1) is 0 Å². The molecule has 98 valence electrons. The second kappa shape index (κ2) is 4.90. The Morgan fingerprint density at radius 1 is 1.21 bits per heavy atom. The van der Waals surface area contributed by atoms with Gasteiger partial charge >= 0.3 is 0 Å². The minimum atomic E-state index is -0.349. The Kier molecular flexibility index (Phi) is 3.09. The van der Waals surface area contributed by atoms with Crippen LogP contribution in [0.15, 0.2) is 51.5 Å². The first-order chi connectivity index (χ1) is 9.29. The number of furan rings is 2. The molecule has 0 saturated heterocycles. The summed E-state index contributed by atoms with van der Waals surface area (Å²) in [7, 11) is 0. The van der Waals surface area contributed by atoms with Gasteiger partial charge in [-0.1, -0.05) is 19.1 Å². The highest BCUT2D eigenvalue weighted by Gasteiger charge is 2.20. The first-order valence-electron chi connectivity index (χ1n) is 6.24. The Hall–Kier alpha value is -2.07. The summed E-state index contributed by atoms with van der Waals surface area (Å²) < 4.78 is 24.7. The van der Waals surface area contributed by atoms with Crippen LogP contribution in [0.1, 0.15) is 24.5 Å². The van der Waals surface area contributed by atoms with E-state index >= 15 is 0 Å². The average molecular weight is 259 g/mol. The van der Waals surface area contributed by atoms with E-state index in [2.05, 4.69) is 5.32 Å². The smallest absolute Gasteiger partial charge is 0.169 e. The lowest BCUT2D eigenvalue weighted by atomic mass is 10.1. The van der Waals surface area contributed by atoms with E-state index in [0.717, 1.165) is 17.7 Å². The first-order valence-corrected chi connectivity index (χ1v) is 6.24. The van der Waals surface area contributed by atoms with Crippen LogP contribution in [-0.2, 0) is 0 Å². The van der Waals surface area contributed by atoms with Crippen molar-refractivity contribution >= 4 is 11.0 Å². The zero-order valence-corrected chi connectivity index (χ0v) is 10.5. The third-order valence-corrected chi connectivity index (χ3v) is 3.04. The van der Waals surface area contributed by atoms with Crippen LogP contribution in [0.25, 0.3) is 11.0 Å². The molecule has 0 bridgehead atoms. The number of hydrogen-bond donors (Lipinski definition) is 1. The van der Waals surface area contributed by atoms with Crippen molar-refractivity contribution in [2.45, 2.75) is 13.0 Å². The minimum Gasteiger partial charge on any atom is -0.467 e. The summed E-state index contributed by atoms with van der Waals surface area (Å²) in [6, 6.07) is 10.2. The lowest BCUT2D eigenvalue weighted by Gasteiger charge is -2.12. The molecule has 1 unspecified atom stereocenters. The number of fused-ring (bicyclic) bond motifs is 1. The predicted octanol–water partition coefficient (Wildman–Crippen LogP) is 3.86. The van der Waals surface area contributed by atoms with E-state index in [9.17, 15) is 4.39 Å². The second-order valence-corrected chi connectivity index (χ2v) is 4.31. The van der Waals surface area contributed by atoms with E-state index in [1.807, 2.05) is 31.2 Å². The van der Waals surface area contributed by atoms with Crippen molar-refractivity contribution in [3.05, 3.63) is 60.0 Å². The molecule has 3 aromatic rings. The molecule has 1 N–H and O–H groups in total. The van der Waals surface area contributed by atoms with Gasteiger partial charge in [-0.2, -0.15) is 0 Å². The molecule has 0 aliphatic rings. The largest absolute Gasteiger partial charge is 0.467 e. The van der Waals surface area contributed by atoms with Gasteiger partial charge in [0, 0.05) is 5.39 Å². The topological polar surface area (TPSA) is 38.3 Å². The molecule has 3 nitrogen and oxygen atoms in total. The van der Waals surface area contributed by atoms with E-state index in [4.69, 9.17) is 8.83 Å². The molecule has 2 aromatic heterocycles.